The summed E-state index contributed by atoms with van der Waals surface area (Å²) in [5.74, 6) is 1.28. The first-order valence-corrected chi connectivity index (χ1v) is 9.09. The molecule has 0 bridgehead atoms. The van der Waals surface area contributed by atoms with Crippen LogP contribution in [0.4, 0.5) is 0 Å². The molecule has 1 aromatic heterocycles. The van der Waals surface area contributed by atoms with E-state index in [2.05, 4.69) is 15.5 Å². The Morgan fingerprint density at radius 2 is 2.14 bits per heavy atom. The number of hydrogen-bond acceptors (Lipinski definition) is 7. The number of ether oxygens (including phenoxy) is 1. The number of hydrogen-bond donors (Lipinski definition) is 1. The number of methoxy groups -OCH3 is 1. The smallest absolute Gasteiger partial charge is 0.228 e. The van der Waals surface area contributed by atoms with Gasteiger partial charge in [-0.1, -0.05) is 19.0 Å². The molecule has 1 N–H and O–H groups in total. The summed E-state index contributed by atoms with van der Waals surface area (Å²) in [6.07, 6.45) is 1.91. The van der Waals surface area contributed by atoms with Gasteiger partial charge in [0.05, 0.1) is 11.5 Å². The largest absolute Gasteiger partial charge is 0.370 e. The van der Waals surface area contributed by atoms with Crippen LogP contribution in [-0.2, 0) is 26.6 Å². The van der Waals surface area contributed by atoms with Gasteiger partial charge in [-0.15, -0.1) is 0 Å². The number of sulfone groups is 1. The Balaban J connectivity index is 2.10. The van der Waals surface area contributed by atoms with Gasteiger partial charge in [0.2, 0.25) is 11.7 Å². The lowest BCUT2D eigenvalue weighted by Crippen LogP contribution is -2.46. The molecular weight excluding hydrogens is 294 g/mol. The highest BCUT2D eigenvalue weighted by Crippen LogP contribution is 2.30. The van der Waals surface area contributed by atoms with Gasteiger partial charge in [-0.2, -0.15) is 4.98 Å². The van der Waals surface area contributed by atoms with Crippen LogP contribution in [0.1, 0.15) is 38.4 Å². The van der Waals surface area contributed by atoms with Gasteiger partial charge in [0.1, 0.15) is 5.60 Å². The van der Waals surface area contributed by atoms with E-state index in [0.717, 1.165) is 12.8 Å². The highest BCUT2D eigenvalue weighted by atomic mass is 32.2. The van der Waals surface area contributed by atoms with E-state index in [1.165, 1.54) is 0 Å². The number of aromatic nitrogens is 2. The highest BCUT2D eigenvalue weighted by Gasteiger charge is 2.34. The quantitative estimate of drug-likeness (QED) is 0.823. The SMILES string of the molecule is CCC(CC)(OC)c1noc(CC2CS(=O)(=O)CCN2)n1. The van der Waals surface area contributed by atoms with Crippen molar-refractivity contribution in [1.82, 2.24) is 15.5 Å². The molecule has 0 amide bonds. The average Bonchev–Trinajstić information content (AvgIpc) is 2.89. The fraction of sp³-hybridized carbons (Fsp3) is 0.846. The van der Waals surface area contributed by atoms with Crippen molar-refractivity contribution in [3.8, 4) is 0 Å². The topological polar surface area (TPSA) is 94.3 Å². The van der Waals surface area contributed by atoms with Crippen LogP contribution in [0, 0.1) is 0 Å². The maximum Gasteiger partial charge on any atom is 0.228 e. The summed E-state index contributed by atoms with van der Waals surface area (Å²) in [7, 11) is -1.33. The number of rotatable bonds is 6. The Morgan fingerprint density at radius 1 is 1.43 bits per heavy atom. The maximum absolute atomic E-state index is 11.6. The molecule has 0 aromatic carbocycles. The molecule has 1 aliphatic heterocycles. The van der Waals surface area contributed by atoms with E-state index in [9.17, 15) is 8.42 Å². The van der Waals surface area contributed by atoms with Crippen LogP contribution in [0.15, 0.2) is 4.52 Å². The summed E-state index contributed by atoms with van der Waals surface area (Å²) in [5.41, 5.74) is -0.534. The van der Waals surface area contributed by atoms with Crippen LogP contribution in [0.2, 0.25) is 0 Å². The second-order valence-electron chi connectivity index (χ2n) is 5.39. The molecule has 0 spiro atoms. The monoisotopic (exact) mass is 317 g/mol. The van der Waals surface area contributed by atoms with E-state index < -0.39 is 15.4 Å². The number of nitrogens with zero attached hydrogens (tertiary/aromatic N) is 2. The van der Waals surface area contributed by atoms with Crippen molar-refractivity contribution >= 4 is 9.84 Å². The molecule has 1 atom stereocenters. The van der Waals surface area contributed by atoms with E-state index in [4.69, 9.17) is 9.26 Å². The average molecular weight is 317 g/mol. The van der Waals surface area contributed by atoms with E-state index in [-0.39, 0.29) is 17.5 Å². The Morgan fingerprint density at radius 3 is 2.71 bits per heavy atom. The second kappa shape index (κ2) is 6.41. The molecule has 2 heterocycles. The van der Waals surface area contributed by atoms with E-state index in [0.29, 0.717) is 24.7 Å². The molecule has 21 heavy (non-hydrogen) atoms. The molecule has 1 aliphatic rings. The maximum atomic E-state index is 11.6. The fourth-order valence-corrected chi connectivity index (χ4v) is 4.12. The lowest BCUT2D eigenvalue weighted by molar-refractivity contribution is -0.0306. The van der Waals surface area contributed by atoms with Gasteiger partial charge in [0.25, 0.3) is 0 Å². The summed E-state index contributed by atoms with van der Waals surface area (Å²) >= 11 is 0. The van der Waals surface area contributed by atoms with E-state index in [1.54, 1.807) is 7.11 Å². The van der Waals surface area contributed by atoms with E-state index >= 15 is 0 Å². The molecular formula is C13H23N3O4S. The van der Waals surface area contributed by atoms with Gasteiger partial charge < -0.3 is 14.6 Å². The molecule has 7 nitrogen and oxygen atoms in total. The van der Waals surface area contributed by atoms with Crippen LogP contribution in [-0.4, -0.2) is 49.8 Å². The van der Waals surface area contributed by atoms with Crippen molar-refractivity contribution < 1.29 is 17.7 Å². The minimum atomic E-state index is -2.96. The van der Waals surface area contributed by atoms with Crippen LogP contribution in [0.25, 0.3) is 0 Å². The lowest BCUT2D eigenvalue weighted by atomic mass is 9.96. The first-order chi connectivity index (χ1) is 9.94. The van der Waals surface area contributed by atoms with Gasteiger partial charge in [-0.25, -0.2) is 8.42 Å². The minimum absolute atomic E-state index is 0.113. The van der Waals surface area contributed by atoms with Crippen molar-refractivity contribution in [1.29, 1.82) is 0 Å². The fourth-order valence-electron chi connectivity index (χ4n) is 2.68. The Hall–Kier alpha value is -0.990. The molecule has 120 valence electrons. The van der Waals surface area contributed by atoms with Gasteiger partial charge in [0.15, 0.2) is 9.84 Å². The van der Waals surface area contributed by atoms with Gasteiger partial charge >= 0.3 is 0 Å². The third kappa shape index (κ3) is 3.61. The zero-order valence-corrected chi connectivity index (χ0v) is 13.6. The van der Waals surface area contributed by atoms with Crippen LogP contribution < -0.4 is 5.32 Å². The second-order valence-corrected chi connectivity index (χ2v) is 7.62. The van der Waals surface area contributed by atoms with E-state index in [1.807, 2.05) is 13.8 Å². The zero-order valence-electron chi connectivity index (χ0n) is 12.8. The molecule has 8 heteroatoms. The highest BCUT2D eigenvalue weighted by molar-refractivity contribution is 7.91. The molecule has 0 aliphatic carbocycles. The van der Waals surface area contributed by atoms with Gasteiger partial charge in [0, 0.05) is 26.1 Å². The Labute approximate surface area is 125 Å². The zero-order chi connectivity index (χ0) is 15.5. The molecule has 1 aromatic rings. The molecule has 0 radical (unpaired) electrons. The summed E-state index contributed by atoms with van der Waals surface area (Å²) in [6, 6.07) is -0.169. The van der Waals surface area contributed by atoms with Crippen LogP contribution >= 0.6 is 0 Å². The van der Waals surface area contributed by atoms with Crippen LogP contribution in [0.5, 0.6) is 0 Å². The summed E-state index contributed by atoms with van der Waals surface area (Å²) in [5, 5.41) is 7.19. The van der Waals surface area contributed by atoms with Crippen molar-refractivity contribution in [2.24, 2.45) is 0 Å². The lowest BCUT2D eigenvalue weighted by Gasteiger charge is -2.26. The number of nitrogens with one attached hydrogen (secondary N) is 1. The summed E-state index contributed by atoms with van der Waals surface area (Å²) in [4.78, 5) is 4.40. The Bertz CT molecular complexity index is 557. The first-order valence-electron chi connectivity index (χ1n) is 7.26. The third-order valence-electron chi connectivity index (χ3n) is 4.13. The standard InChI is InChI=1S/C13H23N3O4S/c1-4-13(5-2,19-3)12-15-11(20-16-12)8-10-9-21(17,18)7-6-14-10/h10,14H,4-9H2,1-3H3. The predicted octanol–water partition coefficient (Wildman–Crippen LogP) is 0.660. The van der Waals surface area contributed by atoms with Gasteiger partial charge in [-0.05, 0) is 12.8 Å². The molecule has 2 rings (SSSR count). The van der Waals surface area contributed by atoms with Crippen molar-refractivity contribution in [2.75, 3.05) is 25.2 Å². The first kappa shape index (κ1) is 16.4. The molecule has 0 saturated carbocycles. The predicted molar refractivity (Wildman–Crippen MR) is 77.7 cm³/mol. The van der Waals surface area contributed by atoms with Crippen molar-refractivity contribution in [3.05, 3.63) is 11.7 Å². The minimum Gasteiger partial charge on any atom is -0.370 e. The van der Waals surface area contributed by atoms with Gasteiger partial charge in [-0.3, -0.25) is 0 Å². The molecule has 1 fully saturated rings. The molecule has 1 unspecified atom stereocenters. The summed E-state index contributed by atoms with van der Waals surface area (Å²) < 4.78 is 34.1. The summed E-state index contributed by atoms with van der Waals surface area (Å²) in [6.45, 7) is 4.50. The third-order valence-corrected chi connectivity index (χ3v) is 5.87. The van der Waals surface area contributed by atoms with Crippen molar-refractivity contribution in [2.45, 2.75) is 44.8 Å². The van der Waals surface area contributed by atoms with Crippen LogP contribution in [0.3, 0.4) is 0 Å². The molecule has 1 saturated heterocycles. The Kier molecular flexibility index (Phi) is 5.00. The van der Waals surface area contributed by atoms with Crippen molar-refractivity contribution in [3.63, 3.8) is 0 Å². The normalized spacial score (nSPS) is 22.3.